The van der Waals surface area contributed by atoms with Gasteiger partial charge in [-0.2, -0.15) is 11.8 Å². The van der Waals surface area contributed by atoms with Gasteiger partial charge >= 0.3 is 0 Å². The molecule has 0 saturated carbocycles. The first-order valence-electron chi connectivity index (χ1n) is 5.37. The number of rotatable bonds is 3. The highest BCUT2D eigenvalue weighted by Gasteiger charge is 2.21. The second-order valence-corrected chi connectivity index (χ2v) is 5.56. The van der Waals surface area contributed by atoms with Crippen LogP contribution in [-0.4, -0.2) is 22.2 Å². The van der Waals surface area contributed by atoms with Gasteiger partial charge in [-0.25, -0.2) is 0 Å². The van der Waals surface area contributed by atoms with Gasteiger partial charge in [0.25, 0.3) is 0 Å². The molecule has 15 heavy (non-hydrogen) atoms. The Morgan fingerprint density at radius 1 is 1.47 bits per heavy atom. The van der Waals surface area contributed by atoms with Crippen molar-refractivity contribution in [3.8, 4) is 5.75 Å². The molecule has 1 aromatic rings. The Labute approximate surface area is 95.1 Å². The molecule has 1 heterocycles. The molecule has 0 bridgehead atoms. The first-order valence-corrected chi connectivity index (χ1v) is 6.42. The van der Waals surface area contributed by atoms with Crippen molar-refractivity contribution in [3.63, 3.8) is 0 Å². The van der Waals surface area contributed by atoms with Gasteiger partial charge in [-0.3, -0.25) is 0 Å². The van der Waals surface area contributed by atoms with E-state index in [0.29, 0.717) is 11.8 Å². The smallest absolute Gasteiger partial charge is 0.120 e. The Balaban J connectivity index is 1.86. The molecule has 1 fully saturated rings. The Kier molecular flexibility index (Phi) is 3.54. The maximum atomic E-state index is 9.59. The van der Waals surface area contributed by atoms with Crippen LogP contribution in [0.25, 0.3) is 0 Å². The van der Waals surface area contributed by atoms with Gasteiger partial charge < -0.3 is 10.4 Å². The van der Waals surface area contributed by atoms with Crippen LogP contribution in [-0.2, 0) is 6.54 Å². The Hall–Kier alpha value is -0.670. The fourth-order valence-electron chi connectivity index (χ4n) is 1.87. The van der Waals surface area contributed by atoms with Crippen LogP contribution in [0.3, 0.4) is 0 Å². The number of thioether (sulfide) groups is 1. The molecule has 0 spiro atoms. The van der Waals surface area contributed by atoms with E-state index in [0.717, 1.165) is 17.4 Å². The fraction of sp³-hybridized carbons (Fsp3) is 0.500. The van der Waals surface area contributed by atoms with Gasteiger partial charge in [0.2, 0.25) is 0 Å². The normalized spacial score (nSPS) is 25.7. The number of benzene rings is 1. The van der Waals surface area contributed by atoms with E-state index in [1.165, 1.54) is 12.2 Å². The quantitative estimate of drug-likeness (QED) is 0.825. The highest BCUT2D eigenvalue weighted by atomic mass is 32.2. The summed E-state index contributed by atoms with van der Waals surface area (Å²) < 4.78 is 0. The molecular formula is C12H17NOS. The third kappa shape index (κ3) is 2.89. The van der Waals surface area contributed by atoms with E-state index in [2.05, 4.69) is 12.2 Å². The molecule has 0 aliphatic carbocycles. The van der Waals surface area contributed by atoms with Gasteiger partial charge in [-0.05, 0) is 12.5 Å². The number of hydrogen-bond donors (Lipinski definition) is 2. The zero-order chi connectivity index (χ0) is 10.7. The summed E-state index contributed by atoms with van der Waals surface area (Å²) >= 11 is 2.02. The molecule has 2 unspecified atom stereocenters. The molecule has 2 atom stereocenters. The number of nitrogens with one attached hydrogen (secondary N) is 1. The monoisotopic (exact) mass is 223 g/mol. The SMILES string of the molecule is CC1CC(NCc2ccccc2O)CS1. The van der Waals surface area contributed by atoms with Crippen molar-refractivity contribution in [2.45, 2.75) is 31.2 Å². The third-order valence-electron chi connectivity index (χ3n) is 2.77. The van der Waals surface area contributed by atoms with E-state index in [1.54, 1.807) is 6.07 Å². The average Bonchev–Trinajstić information content (AvgIpc) is 2.63. The summed E-state index contributed by atoms with van der Waals surface area (Å²) in [5.74, 6) is 1.58. The van der Waals surface area contributed by atoms with Gasteiger partial charge in [0, 0.05) is 29.2 Å². The predicted octanol–water partition coefficient (Wildman–Crippen LogP) is 2.38. The van der Waals surface area contributed by atoms with Crippen molar-refractivity contribution >= 4 is 11.8 Å². The zero-order valence-electron chi connectivity index (χ0n) is 8.94. The first-order chi connectivity index (χ1) is 7.25. The van der Waals surface area contributed by atoms with Crippen LogP contribution in [0.5, 0.6) is 5.75 Å². The van der Waals surface area contributed by atoms with E-state index < -0.39 is 0 Å². The van der Waals surface area contributed by atoms with Gasteiger partial charge in [0.15, 0.2) is 0 Å². The number of hydrogen-bond acceptors (Lipinski definition) is 3. The minimum Gasteiger partial charge on any atom is -0.508 e. The topological polar surface area (TPSA) is 32.3 Å². The summed E-state index contributed by atoms with van der Waals surface area (Å²) in [6.07, 6.45) is 1.23. The molecule has 1 aliphatic heterocycles. The van der Waals surface area contributed by atoms with Crippen molar-refractivity contribution in [3.05, 3.63) is 29.8 Å². The molecule has 3 heteroatoms. The lowest BCUT2D eigenvalue weighted by Gasteiger charge is -2.12. The number of aromatic hydroxyl groups is 1. The Morgan fingerprint density at radius 2 is 2.27 bits per heavy atom. The van der Waals surface area contributed by atoms with Crippen LogP contribution in [0.2, 0.25) is 0 Å². The molecule has 2 N–H and O–H groups in total. The van der Waals surface area contributed by atoms with Crippen LogP contribution in [0.1, 0.15) is 18.9 Å². The molecule has 0 radical (unpaired) electrons. The van der Waals surface area contributed by atoms with Crippen LogP contribution >= 0.6 is 11.8 Å². The highest BCUT2D eigenvalue weighted by Crippen LogP contribution is 2.26. The van der Waals surface area contributed by atoms with E-state index in [-0.39, 0.29) is 0 Å². The van der Waals surface area contributed by atoms with Crippen molar-refractivity contribution in [1.82, 2.24) is 5.32 Å². The van der Waals surface area contributed by atoms with Crippen molar-refractivity contribution < 1.29 is 5.11 Å². The molecule has 2 nitrogen and oxygen atoms in total. The maximum absolute atomic E-state index is 9.59. The van der Waals surface area contributed by atoms with E-state index in [4.69, 9.17) is 0 Å². The molecule has 82 valence electrons. The summed E-state index contributed by atoms with van der Waals surface area (Å²) in [6.45, 7) is 3.04. The Morgan fingerprint density at radius 3 is 2.93 bits per heavy atom. The van der Waals surface area contributed by atoms with Crippen LogP contribution < -0.4 is 5.32 Å². The van der Waals surface area contributed by atoms with Gasteiger partial charge in [0.05, 0.1) is 0 Å². The number of phenols is 1. The standard InChI is InChI=1S/C12H17NOS/c1-9-6-11(8-15-9)13-7-10-4-2-3-5-12(10)14/h2-5,9,11,13-14H,6-8H2,1H3. The maximum Gasteiger partial charge on any atom is 0.120 e. The number of phenolic OH excluding ortho intramolecular Hbond substituents is 1. The lowest BCUT2D eigenvalue weighted by molar-refractivity contribution is 0.458. The zero-order valence-corrected chi connectivity index (χ0v) is 9.76. The highest BCUT2D eigenvalue weighted by molar-refractivity contribution is 8.00. The van der Waals surface area contributed by atoms with Crippen molar-refractivity contribution in [2.24, 2.45) is 0 Å². The summed E-state index contributed by atoms with van der Waals surface area (Å²) in [5.41, 5.74) is 0.988. The second-order valence-electron chi connectivity index (χ2n) is 4.09. The summed E-state index contributed by atoms with van der Waals surface area (Å²) in [5, 5.41) is 13.8. The largest absolute Gasteiger partial charge is 0.508 e. The molecule has 1 aliphatic rings. The fourth-order valence-corrected chi connectivity index (χ4v) is 3.06. The average molecular weight is 223 g/mol. The van der Waals surface area contributed by atoms with Gasteiger partial charge in [-0.1, -0.05) is 25.1 Å². The van der Waals surface area contributed by atoms with Crippen LogP contribution in [0, 0.1) is 0 Å². The van der Waals surface area contributed by atoms with E-state index >= 15 is 0 Å². The predicted molar refractivity (Wildman–Crippen MR) is 65.3 cm³/mol. The van der Waals surface area contributed by atoms with Gasteiger partial charge in [-0.15, -0.1) is 0 Å². The third-order valence-corrected chi connectivity index (χ3v) is 4.13. The number of para-hydroxylation sites is 1. The summed E-state index contributed by atoms with van der Waals surface area (Å²) in [6, 6.07) is 8.12. The first kappa shape index (κ1) is 10.8. The molecule has 1 saturated heterocycles. The van der Waals surface area contributed by atoms with Crippen molar-refractivity contribution in [1.29, 1.82) is 0 Å². The van der Waals surface area contributed by atoms with Crippen molar-refractivity contribution in [2.75, 3.05) is 5.75 Å². The lowest BCUT2D eigenvalue weighted by Crippen LogP contribution is -2.28. The lowest BCUT2D eigenvalue weighted by atomic mass is 10.1. The van der Waals surface area contributed by atoms with E-state index in [9.17, 15) is 5.11 Å². The molecule has 1 aromatic carbocycles. The molecule has 2 rings (SSSR count). The minimum absolute atomic E-state index is 0.392. The van der Waals surface area contributed by atoms with Gasteiger partial charge in [0.1, 0.15) is 5.75 Å². The summed E-state index contributed by atoms with van der Waals surface area (Å²) in [4.78, 5) is 0. The molecular weight excluding hydrogens is 206 g/mol. The van der Waals surface area contributed by atoms with Crippen LogP contribution in [0.4, 0.5) is 0 Å². The second kappa shape index (κ2) is 4.90. The summed E-state index contributed by atoms with van der Waals surface area (Å²) in [7, 11) is 0. The Bertz CT molecular complexity index is 329. The van der Waals surface area contributed by atoms with E-state index in [1.807, 2.05) is 30.0 Å². The van der Waals surface area contributed by atoms with Crippen LogP contribution in [0.15, 0.2) is 24.3 Å². The molecule has 0 amide bonds. The molecule has 0 aromatic heterocycles. The minimum atomic E-state index is 0.392.